The normalized spacial score (nSPS) is 23.3. The van der Waals surface area contributed by atoms with Gasteiger partial charge in [0.1, 0.15) is 6.17 Å². The van der Waals surface area contributed by atoms with E-state index in [4.69, 9.17) is 0 Å². The standard InChI is InChI=1S/C27H38F3N7O4S/c1-20(38)34-10-6-26(7-11-34)8-12-36(19-26)23-17-22(27(28,29)30)4-3-21(23)18-33-13-15-35(16-14-33)25(39)37-9-5-24(31-37)32-42(2,40)41/h3-5,9,17,24,31-32H,6-8,10-16,18-19H2,1-2H3. The van der Waals surface area contributed by atoms with Gasteiger partial charge in [-0.3, -0.25) is 9.69 Å². The number of nitrogens with one attached hydrogen (secondary N) is 2. The first kappa shape index (κ1) is 30.6. The minimum atomic E-state index is -4.45. The lowest BCUT2D eigenvalue weighted by Gasteiger charge is -2.39. The smallest absolute Gasteiger partial charge is 0.371 e. The Balaban J connectivity index is 1.22. The molecule has 232 valence electrons. The molecule has 0 bridgehead atoms. The van der Waals surface area contributed by atoms with Crippen molar-refractivity contribution < 1.29 is 31.2 Å². The number of benzene rings is 1. The number of nitrogens with zero attached hydrogens (tertiary/aromatic N) is 5. The summed E-state index contributed by atoms with van der Waals surface area (Å²) in [7, 11) is -3.46. The number of likely N-dealkylation sites (tertiary alicyclic amines) is 1. The van der Waals surface area contributed by atoms with E-state index in [1.165, 1.54) is 23.4 Å². The highest BCUT2D eigenvalue weighted by Gasteiger charge is 2.42. The number of hydrazine groups is 1. The first-order valence-electron chi connectivity index (χ1n) is 14.1. The molecule has 1 unspecified atom stereocenters. The number of halogens is 3. The Hall–Kier alpha value is -2.88. The fourth-order valence-electron chi connectivity index (χ4n) is 6.33. The summed E-state index contributed by atoms with van der Waals surface area (Å²) < 4.78 is 66.4. The Bertz CT molecular complexity index is 1320. The predicted molar refractivity (Wildman–Crippen MR) is 150 cm³/mol. The third kappa shape index (κ3) is 7.01. The average molecular weight is 614 g/mol. The Morgan fingerprint density at radius 3 is 2.31 bits per heavy atom. The second kappa shape index (κ2) is 11.7. The summed E-state index contributed by atoms with van der Waals surface area (Å²) in [6.45, 7) is 6.65. The van der Waals surface area contributed by atoms with E-state index >= 15 is 0 Å². The Morgan fingerprint density at radius 2 is 1.69 bits per heavy atom. The lowest BCUT2D eigenvalue weighted by Crippen LogP contribution is -2.55. The lowest BCUT2D eigenvalue weighted by atomic mass is 9.78. The summed E-state index contributed by atoms with van der Waals surface area (Å²) in [4.78, 5) is 32.4. The first-order valence-corrected chi connectivity index (χ1v) is 16.0. The molecule has 4 aliphatic heterocycles. The van der Waals surface area contributed by atoms with Crippen molar-refractivity contribution in [3.63, 3.8) is 0 Å². The molecule has 3 amide bonds. The number of piperidine rings is 1. The second-order valence-electron chi connectivity index (χ2n) is 11.8. The third-order valence-corrected chi connectivity index (χ3v) is 9.43. The number of alkyl halides is 3. The molecule has 0 aliphatic carbocycles. The van der Waals surface area contributed by atoms with Gasteiger partial charge in [-0.25, -0.2) is 23.6 Å². The molecule has 3 saturated heterocycles. The molecule has 4 heterocycles. The Morgan fingerprint density at radius 1 is 1.02 bits per heavy atom. The van der Waals surface area contributed by atoms with Crippen molar-refractivity contribution in [2.24, 2.45) is 5.41 Å². The van der Waals surface area contributed by atoms with Crippen molar-refractivity contribution in [2.75, 3.05) is 63.5 Å². The van der Waals surface area contributed by atoms with Gasteiger partial charge in [0.2, 0.25) is 15.9 Å². The van der Waals surface area contributed by atoms with Gasteiger partial charge in [-0.2, -0.15) is 17.9 Å². The van der Waals surface area contributed by atoms with Crippen LogP contribution in [-0.4, -0.2) is 105 Å². The first-order chi connectivity index (χ1) is 19.7. The number of rotatable bonds is 5. The van der Waals surface area contributed by atoms with Crippen molar-refractivity contribution in [1.29, 1.82) is 0 Å². The molecular formula is C27H38F3N7O4S. The van der Waals surface area contributed by atoms with Crippen LogP contribution in [0.4, 0.5) is 23.7 Å². The molecule has 1 aromatic rings. The largest absolute Gasteiger partial charge is 0.416 e. The highest BCUT2D eigenvalue weighted by molar-refractivity contribution is 7.88. The van der Waals surface area contributed by atoms with Crippen molar-refractivity contribution >= 4 is 27.6 Å². The van der Waals surface area contributed by atoms with E-state index in [0.29, 0.717) is 64.6 Å². The number of sulfonamides is 1. The molecule has 15 heteroatoms. The van der Waals surface area contributed by atoms with Gasteiger partial charge < -0.3 is 14.7 Å². The van der Waals surface area contributed by atoms with Crippen LogP contribution in [0.2, 0.25) is 0 Å². The van der Waals surface area contributed by atoms with Gasteiger partial charge in [-0.15, -0.1) is 0 Å². The highest BCUT2D eigenvalue weighted by atomic mass is 32.2. The minimum absolute atomic E-state index is 0.00264. The summed E-state index contributed by atoms with van der Waals surface area (Å²) in [6, 6.07) is 3.68. The Kier molecular flexibility index (Phi) is 8.49. The molecule has 42 heavy (non-hydrogen) atoms. The van der Waals surface area contributed by atoms with Crippen molar-refractivity contribution in [2.45, 2.75) is 45.1 Å². The maximum absolute atomic E-state index is 13.7. The lowest BCUT2D eigenvalue weighted by molar-refractivity contribution is -0.137. The number of hydrogen-bond donors (Lipinski definition) is 2. The Labute approximate surface area is 244 Å². The van der Waals surface area contributed by atoms with Crippen LogP contribution in [0.1, 0.15) is 37.3 Å². The zero-order valence-electron chi connectivity index (χ0n) is 23.9. The van der Waals surface area contributed by atoms with Crippen molar-refractivity contribution in [3.8, 4) is 0 Å². The van der Waals surface area contributed by atoms with E-state index in [9.17, 15) is 31.2 Å². The van der Waals surface area contributed by atoms with Crippen LogP contribution in [0.15, 0.2) is 30.5 Å². The topological polar surface area (TPSA) is 109 Å². The van der Waals surface area contributed by atoms with Gasteiger partial charge >= 0.3 is 12.2 Å². The van der Waals surface area contributed by atoms with E-state index in [1.54, 1.807) is 17.9 Å². The number of anilines is 1. The second-order valence-corrected chi connectivity index (χ2v) is 13.6. The maximum atomic E-state index is 13.7. The van der Waals surface area contributed by atoms with E-state index < -0.39 is 27.9 Å². The average Bonchev–Trinajstić information content (AvgIpc) is 3.55. The van der Waals surface area contributed by atoms with Gasteiger partial charge in [0.05, 0.1) is 11.8 Å². The number of carbonyl (C=O) groups excluding carboxylic acids is 2. The van der Waals surface area contributed by atoms with Crippen LogP contribution in [0.3, 0.4) is 0 Å². The van der Waals surface area contributed by atoms with E-state index in [2.05, 4.69) is 19.9 Å². The van der Waals surface area contributed by atoms with Gasteiger partial charge in [0.25, 0.3) is 0 Å². The summed E-state index contributed by atoms with van der Waals surface area (Å²) >= 11 is 0. The molecular weight excluding hydrogens is 575 g/mol. The number of hydrogen-bond acceptors (Lipinski definition) is 7. The van der Waals surface area contributed by atoms with Gasteiger partial charge in [-0.05, 0) is 48.4 Å². The third-order valence-electron chi connectivity index (χ3n) is 8.75. The molecule has 0 saturated carbocycles. The minimum Gasteiger partial charge on any atom is -0.371 e. The maximum Gasteiger partial charge on any atom is 0.416 e. The summed E-state index contributed by atoms with van der Waals surface area (Å²) in [5.41, 5.74) is 3.55. The monoisotopic (exact) mass is 613 g/mol. The van der Waals surface area contributed by atoms with Crippen LogP contribution in [0.25, 0.3) is 0 Å². The van der Waals surface area contributed by atoms with E-state index in [-0.39, 0.29) is 17.4 Å². The molecule has 0 radical (unpaired) electrons. The molecule has 0 aromatic heterocycles. The van der Waals surface area contributed by atoms with Crippen LogP contribution in [0.5, 0.6) is 0 Å². The molecule has 3 fully saturated rings. The summed E-state index contributed by atoms with van der Waals surface area (Å²) in [5, 5.41) is 1.25. The SMILES string of the molecule is CC(=O)N1CCC2(CC1)CCN(c1cc(C(F)(F)F)ccc1CN1CCN(C(=O)N3C=CC(NS(C)(=O)=O)N3)CC1)C2. The number of piperazine rings is 1. The number of amides is 3. The van der Waals surface area contributed by atoms with Crippen molar-refractivity contribution in [3.05, 3.63) is 41.6 Å². The summed E-state index contributed by atoms with van der Waals surface area (Å²) in [5.74, 6) is 0.0583. The highest BCUT2D eigenvalue weighted by Crippen LogP contribution is 2.44. The molecule has 1 spiro atoms. The fraction of sp³-hybridized carbons (Fsp3) is 0.630. The van der Waals surface area contributed by atoms with Gasteiger partial charge in [0.15, 0.2) is 0 Å². The molecule has 4 aliphatic rings. The van der Waals surface area contributed by atoms with Crippen LogP contribution in [-0.2, 0) is 27.5 Å². The van der Waals surface area contributed by atoms with E-state index in [1.807, 2.05) is 4.90 Å². The van der Waals surface area contributed by atoms with Crippen LogP contribution in [0, 0.1) is 5.41 Å². The zero-order chi connectivity index (χ0) is 30.3. The molecule has 1 atom stereocenters. The number of urea groups is 1. The van der Waals surface area contributed by atoms with Gasteiger partial charge in [0, 0.05) is 77.7 Å². The predicted octanol–water partition coefficient (Wildman–Crippen LogP) is 1.99. The van der Waals surface area contributed by atoms with Crippen LogP contribution < -0.4 is 15.0 Å². The van der Waals surface area contributed by atoms with Crippen LogP contribution >= 0.6 is 0 Å². The molecule has 11 nitrogen and oxygen atoms in total. The van der Waals surface area contributed by atoms with E-state index in [0.717, 1.165) is 37.1 Å². The fourth-order valence-corrected chi connectivity index (χ4v) is 6.92. The molecule has 5 rings (SSSR count). The quantitative estimate of drug-likeness (QED) is 0.523. The number of carbonyl (C=O) groups is 2. The van der Waals surface area contributed by atoms with Crippen molar-refractivity contribution in [1.82, 2.24) is 29.9 Å². The molecule has 2 N–H and O–H groups in total. The zero-order valence-corrected chi connectivity index (χ0v) is 24.7. The summed E-state index contributed by atoms with van der Waals surface area (Å²) in [6.07, 6.45) is 1.48. The molecule has 1 aromatic carbocycles. The van der Waals surface area contributed by atoms with Gasteiger partial charge in [-0.1, -0.05) is 6.07 Å².